The van der Waals surface area contributed by atoms with Gasteiger partial charge in [0.25, 0.3) is 0 Å². The highest BCUT2D eigenvalue weighted by Crippen LogP contribution is 2.06. The lowest BCUT2D eigenvalue weighted by Gasteiger charge is -2.02. The van der Waals surface area contributed by atoms with Crippen molar-refractivity contribution in [2.24, 2.45) is 5.73 Å². The first-order valence-corrected chi connectivity index (χ1v) is 6.23. The van der Waals surface area contributed by atoms with E-state index >= 15 is 0 Å². The van der Waals surface area contributed by atoms with E-state index in [0.717, 1.165) is 6.54 Å². The van der Waals surface area contributed by atoms with E-state index in [1.807, 2.05) is 62.5 Å². The van der Waals surface area contributed by atoms with Crippen molar-refractivity contribution in [2.75, 3.05) is 7.05 Å². The highest BCUT2D eigenvalue weighted by molar-refractivity contribution is 5.17. The molecule has 2 aromatic rings. The second-order valence-corrected chi connectivity index (χ2v) is 4.22. The van der Waals surface area contributed by atoms with Gasteiger partial charge in [0.2, 0.25) is 0 Å². The van der Waals surface area contributed by atoms with Gasteiger partial charge in [-0.05, 0) is 25.1 Å². The fourth-order valence-corrected chi connectivity index (χ4v) is 1.56. The predicted molar refractivity (Wildman–Crippen MR) is 78.3 cm³/mol. The molecule has 0 radical (unpaired) electrons. The molecule has 1 unspecified atom stereocenters. The van der Waals surface area contributed by atoms with Gasteiger partial charge >= 0.3 is 0 Å². The molecule has 2 aromatic carbocycles. The summed E-state index contributed by atoms with van der Waals surface area (Å²) in [6, 6.07) is 20.6. The number of nitrogens with one attached hydrogen (secondary N) is 1. The SMILES string of the molecule is CC(N)c1ccccc1.CNCc1ccccc1. The van der Waals surface area contributed by atoms with Gasteiger partial charge in [-0.1, -0.05) is 60.7 Å². The quantitative estimate of drug-likeness (QED) is 0.868. The Morgan fingerprint density at radius 3 is 1.83 bits per heavy atom. The Bertz CT molecular complexity index is 410. The summed E-state index contributed by atoms with van der Waals surface area (Å²) in [6.45, 7) is 2.94. The highest BCUT2D eigenvalue weighted by Gasteiger charge is 1.93. The molecule has 0 saturated heterocycles. The predicted octanol–water partition coefficient (Wildman–Crippen LogP) is 3.11. The summed E-state index contributed by atoms with van der Waals surface area (Å²) < 4.78 is 0. The van der Waals surface area contributed by atoms with Crippen molar-refractivity contribution < 1.29 is 0 Å². The third-order valence-electron chi connectivity index (χ3n) is 2.55. The minimum absolute atomic E-state index is 0.159. The molecule has 0 bridgehead atoms. The van der Waals surface area contributed by atoms with E-state index in [1.165, 1.54) is 11.1 Å². The number of benzene rings is 2. The Balaban J connectivity index is 0.000000180. The van der Waals surface area contributed by atoms with Crippen LogP contribution in [0.5, 0.6) is 0 Å². The van der Waals surface area contributed by atoms with Crippen LogP contribution in [0.3, 0.4) is 0 Å². The zero-order valence-corrected chi connectivity index (χ0v) is 11.1. The maximum absolute atomic E-state index is 5.61. The van der Waals surface area contributed by atoms with Gasteiger partial charge < -0.3 is 11.1 Å². The van der Waals surface area contributed by atoms with Gasteiger partial charge in [-0.2, -0.15) is 0 Å². The number of hydrogen-bond acceptors (Lipinski definition) is 2. The number of rotatable bonds is 3. The van der Waals surface area contributed by atoms with Crippen LogP contribution < -0.4 is 11.1 Å². The molecule has 0 saturated carbocycles. The van der Waals surface area contributed by atoms with Crippen molar-refractivity contribution >= 4 is 0 Å². The molecule has 1 atom stereocenters. The average Bonchev–Trinajstić information content (AvgIpc) is 2.42. The Labute approximate surface area is 110 Å². The molecule has 18 heavy (non-hydrogen) atoms. The summed E-state index contributed by atoms with van der Waals surface area (Å²) in [6.07, 6.45) is 0. The first kappa shape index (κ1) is 14.4. The monoisotopic (exact) mass is 242 g/mol. The van der Waals surface area contributed by atoms with E-state index in [1.54, 1.807) is 0 Å². The Hall–Kier alpha value is -1.64. The first-order valence-electron chi connectivity index (χ1n) is 6.23. The van der Waals surface area contributed by atoms with Gasteiger partial charge in [0.1, 0.15) is 0 Å². The van der Waals surface area contributed by atoms with Gasteiger partial charge in [0.15, 0.2) is 0 Å². The van der Waals surface area contributed by atoms with Gasteiger partial charge in [-0.15, -0.1) is 0 Å². The van der Waals surface area contributed by atoms with Crippen LogP contribution in [0, 0.1) is 0 Å². The van der Waals surface area contributed by atoms with Crippen molar-refractivity contribution in [3.8, 4) is 0 Å². The van der Waals surface area contributed by atoms with Crippen molar-refractivity contribution in [3.05, 3.63) is 71.8 Å². The molecule has 0 aliphatic carbocycles. The maximum Gasteiger partial charge on any atom is 0.0266 e. The molecule has 0 aromatic heterocycles. The normalized spacial score (nSPS) is 11.3. The standard InChI is InChI=1S/2C8H11N/c1-9-7-8-5-3-2-4-6-8;1-7(9)8-5-3-2-4-6-8/h2-6,9H,7H2,1H3;2-7H,9H2,1H3. The lowest BCUT2D eigenvalue weighted by atomic mass is 10.1. The molecular formula is C16H22N2. The molecule has 0 fully saturated rings. The second-order valence-electron chi connectivity index (χ2n) is 4.22. The molecule has 2 nitrogen and oxygen atoms in total. The van der Waals surface area contributed by atoms with Crippen molar-refractivity contribution in [1.29, 1.82) is 0 Å². The van der Waals surface area contributed by atoms with Crippen LogP contribution in [0.4, 0.5) is 0 Å². The van der Waals surface area contributed by atoms with E-state index in [4.69, 9.17) is 5.73 Å². The molecule has 3 N–H and O–H groups in total. The fraction of sp³-hybridized carbons (Fsp3) is 0.250. The van der Waals surface area contributed by atoms with Crippen LogP contribution in [0.1, 0.15) is 24.1 Å². The lowest BCUT2D eigenvalue weighted by Crippen LogP contribution is -2.04. The minimum Gasteiger partial charge on any atom is -0.324 e. The van der Waals surface area contributed by atoms with Gasteiger partial charge in [0.05, 0.1) is 0 Å². The Morgan fingerprint density at radius 1 is 0.944 bits per heavy atom. The van der Waals surface area contributed by atoms with E-state index in [-0.39, 0.29) is 6.04 Å². The van der Waals surface area contributed by atoms with E-state index in [0.29, 0.717) is 0 Å². The Kier molecular flexibility index (Phi) is 6.77. The third kappa shape index (κ3) is 5.62. The molecule has 2 heteroatoms. The molecular weight excluding hydrogens is 220 g/mol. The van der Waals surface area contributed by atoms with E-state index in [2.05, 4.69) is 17.4 Å². The molecule has 0 aliphatic heterocycles. The minimum atomic E-state index is 0.159. The van der Waals surface area contributed by atoms with Crippen molar-refractivity contribution in [2.45, 2.75) is 19.5 Å². The second kappa shape index (κ2) is 8.45. The summed E-state index contributed by atoms with van der Waals surface area (Å²) in [7, 11) is 1.95. The van der Waals surface area contributed by atoms with Crippen LogP contribution in [0.2, 0.25) is 0 Å². The van der Waals surface area contributed by atoms with Gasteiger partial charge in [-0.25, -0.2) is 0 Å². The van der Waals surface area contributed by atoms with E-state index < -0.39 is 0 Å². The van der Waals surface area contributed by atoms with Crippen LogP contribution in [-0.4, -0.2) is 7.05 Å². The van der Waals surface area contributed by atoms with E-state index in [9.17, 15) is 0 Å². The maximum atomic E-state index is 5.61. The van der Waals surface area contributed by atoms with Crippen LogP contribution in [0.25, 0.3) is 0 Å². The summed E-state index contributed by atoms with van der Waals surface area (Å²) in [5, 5.41) is 3.08. The fourth-order valence-electron chi connectivity index (χ4n) is 1.56. The van der Waals surface area contributed by atoms with Crippen molar-refractivity contribution in [3.63, 3.8) is 0 Å². The van der Waals surface area contributed by atoms with Crippen LogP contribution in [0.15, 0.2) is 60.7 Å². The van der Waals surface area contributed by atoms with Crippen molar-refractivity contribution in [1.82, 2.24) is 5.32 Å². The summed E-state index contributed by atoms with van der Waals surface area (Å²) in [5.74, 6) is 0. The van der Waals surface area contributed by atoms with Gasteiger partial charge in [0, 0.05) is 12.6 Å². The highest BCUT2D eigenvalue weighted by atomic mass is 14.8. The largest absolute Gasteiger partial charge is 0.324 e. The van der Waals surface area contributed by atoms with Gasteiger partial charge in [-0.3, -0.25) is 0 Å². The lowest BCUT2D eigenvalue weighted by molar-refractivity contribution is 0.818. The molecule has 0 heterocycles. The molecule has 0 spiro atoms. The summed E-state index contributed by atoms with van der Waals surface area (Å²) in [5.41, 5.74) is 8.14. The molecule has 2 rings (SSSR count). The smallest absolute Gasteiger partial charge is 0.0266 e. The van der Waals surface area contributed by atoms with Crippen LogP contribution in [-0.2, 0) is 6.54 Å². The average molecular weight is 242 g/mol. The first-order chi connectivity index (χ1) is 8.74. The number of hydrogen-bond donors (Lipinski definition) is 2. The zero-order chi connectivity index (χ0) is 13.2. The molecule has 96 valence electrons. The third-order valence-corrected chi connectivity index (χ3v) is 2.55. The topological polar surface area (TPSA) is 38.0 Å². The summed E-state index contributed by atoms with van der Waals surface area (Å²) in [4.78, 5) is 0. The van der Waals surface area contributed by atoms with Crippen LogP contribution >= 0.6 is 0 Å². The molecule has 0 amide bonds. The zero-order valence-electron chi connectivity index (χ0n) is 11.1. The summed E-state index contributed by atoms with van der Waals surface area (Å²) >= 11 is 0. The number of nitrogens with two attached hydrogens (primary N) is 1. The molecule has 0 aliphatic rings. The Morgan fingerprint density at radius 2 is 1.44 bits per heavy atom.